The molecule has 0 unspecified atom stereocenters. The number of nitrogens with zero attached hydrogens (tertiary/aromatic N) is 7. The van der Waals surface area contributed by atoms with E-state index in [0.29, 0.717) is 34.5 Å². The molecule has 0 saturated heterocycles. The van der Waals surface area contributed by atoms with Gasteiger partial charge in [-0.2, -0.15) is 5.10 Å². The first-order valence-corrected chi connectivity index (χ1v) is 10.9. The van der Waals surface area contributed by atoms with Gasteiger partial charge < -0.3 is 9.88 Å². The normalized spacial score (nSPS) is 11.7. The van der Waals surface area contributed by atoms with Gasteiger partial charge in [-0.1, -0.05) is 0 Å². The van der Waals surface area contributed by atoms with Crippen LogP contribution in [0.5, 0.6) is 0 Å². The van der Waals surface area contributed by atoms with E-state index in [9.17, 15) is 0 Å². The number of pyridine rings is 4. The third-order valence-corrected chi connectivity index (χ3v) is 5.73. The van der Waals surface area contributed by atoms with Gasteiger partial charge in [0, 0.05) is 48.7 Å². The maximum Gasteiger partial charge on any atom is 0.161 e. The summed E-state index contributed by atoms with van der Waals surface area (Å²) in [6.45, 7) is 0.689. The summed E-state index contributed by atoms with van der Waals surface area (Å²) in [6.07, 6.45) is 11.8. The third-order valence-electron chi connectivity index (χ3n) is 5.73. The van der Waals surface area contributed by atoms with Crippen LogP contribution in [0, 0.1) is 5.82 Å². The SMILES string of the molecule is CN(C)Cc1cncc(-c2ncc3n[nH]c(-c4nc5c(-c6ccncc6)cncc5[nH]4)c3c2F)c1. The predicted octanol–water partition coefficient (Wildman–Crippen LogP) is 4.22. The van der Waals surface area contributed by atoms with Crippen LogP contribution in [0.15, 0.2) is 61.6 Å². The molecule has 6 aromatic rings. The molecule has 0 saturated carbocycles. The topological polar surface area (TPSA) is 112 Å². The van der Waals surface area contributed by atoms with Crippen LogP contribution in [0.4, 0.5) is 4.39 Å². The van der Waals surface area contributed by atoms with Gasteiger partial charge in [-0.25, -0.2) is 9.37 Å². The molecule has 172 valence electrons. The molecule has 0 aliphatic heterocycles. The molecule has 9 nitrogen and oxygen atoms in total. The number of fused-ring (bicyclic) bond motifs is 2. The molecule has 6 rings (SSSR count). The molecule has 0 aliphatic rings. The van der Waals surface area contributed by atoms with E-state index in [2.05, 4.69) is 35.1 Å². The van der Waals surface area contributed by atoms with E-state index in [4.69, 9.17) is 4.98 Å². The predicted molar refractivity (Wildman–Crippen MR) is 131 cm³/mol. The first kappa shape index (κ1) is 21.0. The molecular weight excluding hydrogens is 445 g/mol. The largest absolute Gasteiger partial charge is 0.335 e. The molecular formula is C25H20FN9. The number of nitrogens with one attached hydrogen (secondary N) is 2. The van der Waals surface area contributed by atoms with Gasteiger partial charge in [0.25, 0.3) is 0 Å². The zero-order valence-corrected chi connectivity index (χ0v) is 19.0. The summed E-state index contributed by atoms with van der Waals surface area (Å²) in [6, 6.07) is 5.69. The average Bonchev–Trinajstić information content (AvgIpc) is 3.49. The highest BCUT2D eigenvalue weighted by atomic mass is 19.1. The molecule has 0 bridgehead atoms. The van der Waals surface area contributed by atoms with Crippen molar-refractivity contribution in [2.45, 2.75) is 6.54 Å². The first-order chi connectivity index (χ1) is 17.1. The summed E-state index contributed by atoms with van der Waals surface area (Å²) in [5, 5.41) is 7.51. The van der Waals surface area contributed by atoms with Crippen molar-refractivity contribution < 1.29 is 4.39 Å². The van der Waals surface area contributed by atoms with E-state index < -0.39 is 5.82 Å². The lowest BCUT2D eigenvalue weighted by Crippen LogP contribution is -2.10. The Bertz CT molecular complexity index is 1670. The Labute approximate surface area is 199 Å². The molecule has 0 aliphatic carbocycles. The second kappa shape index (κ2) is 8.33. The van der Waals surface area contributed by atoms with Gasteiger partial charge in [-0.15, -0.1) is 0 Å². The van der Waals surface area contributed by atoms with Crippen molar-refractivity contribution >= 4 is 21.9 Å². The minimum atomic E-state index is -0.483. The molecule has 0 atom stereocenters. The highest BCUT2D eigenvalue weighted by Crippen LogP contribution is 2.34. The van der Waals surface area contributed by atoms with E-state index in [1.807, 2.05) is 37.2 Å². The van der Waals surface area contributed by atoms with Crippen molar-refractivity contribution in [2.24, 2.45) is 0 Å². The fraction of sp³-hybridized carbons (Fsp3) is 0.120. The van der Waals surface area contributed by atoms with Crippen molar-refractivity contribution in [1.82, 2.24) is 45.0 Å². The van der Waals surface area contributed by atoms with Crippen LogP contribution >= 0.6 is 0 Å². The Morgan fingerprint density at radius 2 is 1.77 bits per heavy atom. The maximum absolute atomic E-state index is 15.9. The van der Waals surface area contributed by atoms with Gasteiger partial charge in [0.15, 0.2) is 11.6 Å². The second-order valence-corrected chi connectivity index (χ2v) is 8.50. The third kappa shape index (κ3) is 3.69. The molecule has 0 amide bonds. The summed E-state index contributed by atoms with van der Waals surface area (Å²) in [5.74, 6) is -0.0238. The highest BCUT2D eigenvalue weighted by molar-refractivity contribution is 5.97. The second-order valence-electron chi connectivity index (χ2n) is 8.50. The van der Waals surface area contributed by atoms with Crippen molar-refractivity contribution in [3.8, 4) is 33.9 Å². The van der Waals surface area contributed by atoms with Gasteiger partial charge >= 0.3 is 0 Å². The number of hydrogen-bond donors (Lipinski definition) is 2. The number of imidazole rings is 1. The summed E-state index contributed by atoms with van der Waals surface area (Å²) < 4.78 is 15.9. The smallest absolute Gasteiger partial charge is 0.161 e. The van der Waals surface area contributed by atoms with E-state index in [0.717, 1.165) is 27.7 Å². The van der Waals surface area contributed by atoms with Crippen LogP contribution in [-0.2, 0) is 6.54 Å². The summed E-state index contributed by atoms with van der Waals surface area (Å²) in [4.78, 5) is 27.1. The van der Waals surface area contributed by atoms with Crippen molar-refractivity contribution in [3.63, 3.8) is 0 Å². The molecule has 2 N–H and O–H groups in total. The van der Waals surface area contributed by atoms with Gasteiger partial charge in [-0.3, -0.25) is 25.0 Å². The quantitative estimate of drug-likeness (QED) is 0.392. The van der Waals surface area contributed by atoms with Crippen LogP contribution < -0.4 is 0 Å². The zero-order chi connectivity index (χ0) is 23.9. The van der Waals surface area contributed by atoms with E-state index in [1.165, 1.54) is 0 Å². The molecule has 0 aromatic carbocycles. The maximum atomic E-state index is 15.9. The first-order valence-electron chi connectivity index (χ1n) is 10.9. The molecule has 6 aromatic heterocycles. The Morgan fingerprint density at radius 3 is 2.60 bits per heavy atom. The summed E-state index contributed by atoms with van der Waals surface area (Å²) in [5.41, 5.74) is 5.87. The Morgan fingerprint density at radius 1 is 0.943 bits per heavy atom. The lowest BCUT2D eigenvalue weighted by molar-refractivity contribution is 0.402. The van der Waals surface area contributed by atoms with Crippen molar-refractivity contribution in [2.75, 3.05) is 14.1 Å². The van der Waals surface area contributed by atoms with Gasteiger partial charge in [0.2, 0.25) is 0 Å². The fourth-order valence-corrected chi connectivity index (χ4v) is 4.21. The van der Waals surface area contributed by atoms with Gasteiger partial charge in [0.05, 0.1) is 28.8 Å². The number of halogens is 1. The van der Waals surface area contributed by atoms with Crippen LogP contribution in [0.3, 0.4) is 0 Å². The standard InChI is InChI=1S/C25H20FN9/c1-35(2)13-14-7-16(9-28-8-14)22-21(26)20-18(12-30-22)33-34-24(20)25-31-19-11-29-10-17(23(19)32-25)15-3-5-27-6-4-15/h3-12H,13H2,1-2H3,(H,31,32)(H,33,34). The van der Waals surface area contributed by atoms with Crippen molar-refractivity contribution in [3.05, 3.63) is 73.0 Å². The molecule has 0 fully saturated rings. The van der Waals surface area contributed by atoms with Crippen LogP contribution in [0.2, 0.25) is 0 Å². The minimum absolute atomic E-state index is 0.212. The van der Waals surface area contributed by atoms with Crippen molar-refractivity contribution in [1.29, 1.82) is 0 Å². The lowest BCUT2D eigenvalue weighted by Gasteiger charge is -2.10. The average molecular weight is 465 g/mol. The molecule has 10 heteroatoms. The number of rotatable bonds is 5. The van der Waals surface area contributed by atoms with Gasteiger partial charge in [0.1, 0.15) is 16.9 Å². The number of H-pyrrole nitrogens is 2. The number of aromatic nitrogens is 8. The molecule has 0 spiro atoms. The Kier molecular flexibility index (Phi) is 5.00. The van der Waals surface area contributed by atoms with Crippen LogP contribution in [-0.4, -0.2) is 59.1 Å². The highest BCUT2D eigenvalue weighted by Gasteiger charge is 2.21. The Hall–Kier alpha value is -4.57. The van der Waals surface area contributed by atoms with E-state index >= 15 is 4.39 Å². The fourth-order valence-electron chi connectivity index (χ4n) is 4.21. The summed E-state index contributed by atoms with van der Waals surface area (Å²) in [7, 11) is 3.94. The lowest BCUT2D eigenvalue weighted by atomic mass is 10.1. The van der Waals surface area contributed by atoms with E-state index in [1.54, 1.807) is 43.4 Å². The van der Waals surface area contributed by atoms with Crippen LogP contribution in [0.25, 0.3) is 55.8 Å². The molecule has 35 heavy (non-hydrogen) atoms. The van der Waals surface area contributed by atoms with Crippen LogP contribution in [0.1, 0.15) is 5.56 Å². The van der Waals surface area contributed by atoms with Gasteiger partial charge in [-0.05, 0) is 43.4 Å². The number of aromatic amines is 2. The minimum Gasteiger partial charge on any atom is -0.335 e. The Balaban J connectivity index is 1.49. The van der Waals surface area contributed by atoms with E-state index in [-0.39, 0.29) is 5.69 Å². The monoisotopic (exact) mass is 465 g/mol. The molecule has 6 heterocycles. The molecule has 0 radical (unpaired) electrons. The zero-order valence-electron chi connectivity index (χ0n) is 19.0. The summed E-state index contributed by atoms with van der Waals surface area (Å²) >= 11 is 0. The number of hydrogen-bond acceptors (Lipinski definition) is 7.